The number of aryl methyl sites for hydroxylation is 2. The second kappa shape index (κ2) is 11.2. The van der Waals surface area contributed by atoms with Crippen molar-refractivity contribution < 1.29 is 18.0 Å². The third-order valence-corrected chi connectivity index (χ3v) is 8.15. The molecule has 10 heteroatoms. The van der Waals surface area contributed by atoms with E-state index in [4.69, 9.17) is 4.98 Å². The molecule has 0 radical (unpaired) electrons. The van der Waals surface area contributed by atoms with E-state index in [1.165, 1.54) is 36.0 Å². The summed E-state index contributed by atoms with van der Waals surface area (Å²) < 4.78 is 26.2. The van der Waals surface area contributed by atoms with E-state index in [9.17, 15) is 18.0 Å². The van der Waals surface area contributed by atoms with Gasteiger partial charge in [0.25, 0.3) is 10.0 Å². The molecule has 0 saturated carbocycles. The molecule has 1 aromatic heterocycles. The minimum Gasteiger partial charge on any atom is -0.332 e. The highest BCUT2D eigenvalue weighted by Crippen LogP contribution is 2.34. The number of carbonyl (C=O) groups excluding carboxylic acids is 2. The molecule has 0 spiro atoms. The molecule has 38 heavy (non-hydrogen) atoms. The van der Waals surface area contributed by atoms with Gasteiger partial charge in [-0.3, -0.25) is 9.59 Å². The van der Waals surface area contributed by atoms with Gasteiger partial charge in [-0.1, -0.05) is 71.4 Å². The number of nitrogens with one attached hydrogen (secondary N) is 3. The van der Waals surface area contributed by atoms with Crippen molar-refractivity contribution in [2.75, 3.05) is 5.32 Å². The van der Waals surface area contributed by atoms with E-state index in [2.05, 4.69) is 10.3 Å². The standard InChI is InChI=1S/C28H28N4O4S2/c1-17-5-9-21(10-6-17)25-26(22-11-7-18(2)8-12-22)31-28(30-25)37-19(3)27(34)29-23-13-15-24(16-14-23)38(35,36)32-20(4)33/h5-16,19H,1-4H3,(H,29,34)(H,30,31)(H,32,33). The Labute approximate surface area is 226 Å². The second-order valence-corrected chi connectivity index (χ2v) is 11.9. The molecule has 0 bridgehead atoms. The van der Waals surface area contributed by atoms with Gasteiger partial charge in [-0.15, -0.1) is 0 Å². The Kier molecular flexibility index (Phi) is 8.03. The SMILES string of the molecule is CC(=O)NS(=O)(=O)c1ccc(NC(=O)C(C)Sc2nc(-c3ccc(C)cc3)c(-c3ccc(C)cc3)[nH]2)cc1. The largest absolute Gasteiger partial charge is 0.332 e. The summed E-state index contributed by atoms with van der Waals surface area (Å²) in [6.45, 7) is 6.97. The number of rotatable bonds is 8. The number of imidazole rings is 1. The minimum absolute atomic E-state index is 0.0732. The zero-order valence-electron chi connectivity index (χ0n) is 21.4. The maximum absolute atomic E-state index is 12.9. The molecule has 2 amide bonds. The summed E-state index contributed by atoms with van der Waals surface area (Å²) in [6, 6.07) is 21.9. The van der Waals surface area contributed by atoms with Crippen LogP contribution < -0.4 is 10.0 Å². The fourth-order valence-electron chi connectivity index (χ4n) is 3.69. The van der Waals surface area contributed by atoms with Crippen LogP contribution in [-0.2, 0) is 19.6 Å². The number of hydrogen-bond donors (Lipinski definition) is 3. The van der Waals surface area contributed by atoms with Crippen LogP contribution in [-0.4, -0.2) is 35.5 Å². The Hall–Kier alpha value is -3.89. The Morgan fingerprint density at radius 1 is 0.868 bits per heavy atom. The lowest BCUT2D eigenvalue weighted by molar-refractivity contribution is -0.117. The lowest BCUT2D eigenvalue weighted by Gasteiger charge is -2.11. The molecule has 0 fully saturated rings. The van der Waals surface area contributed by atoms with Gasteiger partial charge in [-0.2, -0.15) is 0 Å². The van der Waals surface area contributed by atoms with Gasteiger partial charge in [0.1, 0.15) is 0 Å². The van der Waals surface area contributed by atoms with Crippen molar-refractivity contribution in [1.29, 1.82) is 0 Å². The normalized spacial score (nSPS) is 12.1. The number of nitrogens with zero attached hydrogens (tertiary/aromatic N) is 1. The van der Waals surface area contributed by atoms with Crippen molar-refractivity contribution in [3.8, 4) is 22.5 Å². The van der Waals surface area contributed by atoms with Gasteiger partial charge in [0.15, 0.2) is 5.16 Å². The summed E-state index contributed by atoms with van der Waals surface area (Å²) >= 11 is 1.29. The van der Waals surface area contributed by atoms with Gasteiger partial charge in [-0.05, 0) is 45.0 Å². The maximum Gasteiger partial charge on any atom is 0.264 e. The summed E-state index contributed by atoms with van der Waals surface area (Å²) in [7, 11) is -3.94. The van der Waals surface area contributed by atoms with Crippen LogP contribution in [0.3, 0.4) is 0 Å². The molecule has 0 aliphatic carbocycles. The van der Waals surface area contributed by atoms with Crippen LogP contribution in [0.25, 0.3) is 22.5 Å². The van der Waals surface area contributed by atoms with E-state index in [1.54, 1.807) is 6.92 Å². The molecule has 0 saturated heterocycles. The van der Waals surface area contributed by atoms with Crippen molar-refractivity contribution >= 4 is 39.3 Å². The summed E-state index contributed by atoms with van der Waals surface area (Å²) in [6.07, 6.45) is 0. The lowest BCUT2D eigenvalue weighted by atomic mass is 10.0. The fraction of sp³-hybridized carbons (Fsp3) is 0.179. The first-order valence-electron chi connectivity index (χ1n) is 11.9. The zero-order chi connectivity index (χ0) is 27.4. The number of thioether (sulfide) groups is 1. The summed E-state index contributed by atoms with van der Waals surface area (Å²) in [4.78, 5) is 32.2. The number of amides is 2. The van der Waals surface area contributed by atoms with Crippen LogP contribution in [0.4, 0.5) is 5.69 Å². The monoisotopic (exact) mass is 548 g/mol. The topological polar surface area (TPSA) is 121 Å². The Bertz CT molecular complexity index is 1500. The van der Waals surface area contributed by atoms with Gasteiger partial charge in [0.2, 0.25) is 11.8 Å². The number of carbonyl (C=O) groups is 2. The van der Waals surface area contributed by atoms with Crippen LogP contribution in [0.1, 0.15) is 25.0 Å². The van der Waals surface area contributed by atoms with E-state index in [1.807, 2.05) is 67.1 Å². The summed E-state index contributed by atoms with van der Waals surface area (Å²) in [5, 5.41) is 2.90. The number of benzene rings is 3. The minimum atomic E-state index is -3.94. The van der Waals surface area contributed by atoms with Crippen LogP contribution in [0.2, 0.25) is 0 Å². The molecule has 196 valence electrons. The van der Waals surface area contributed by atoms with E-state index in [-0.39, 0.29) is 10.8 Å². The molecule has 0 aliphatic heterocycles. The highest BCUT2D eigenvalue weighted by molar-refractivity contribution is 8.00. The van der Waals surface area contributed by atoms with E-state index in [0.717, 1.165) is 40.6 Å². The number of anilines is 1. The predicted octanol–water partition coefficient (Wildman–Crippen LogP) is 5.30. The number of H-pyrrole nitrogens is 1. The van der Waals surface area contributed by atoms with Crippen molar-refractivity contribution in [1.82, 2.24) is 14.7 Å². The number of sulfonamides is 1. The fourth-order valence-corrected chi connectivity index (χ4v) is 5.48. The van der Waals surface area contributed by atoms with E-state index >= 15 is 0 Å². The van der Waals surface area contributed by atoms with Crippen LogP contribution in [0.15, 0.2) is 82.8 Å². The first kappa shape index (κ1) is 27.2. The van der Waals surface area contributed by atoms with Crippen molar-refractivity contribution in [2.24, 2.45) is 0 Å². The molecular weight excluding hydrogens is 520 g/mol. The third kappa shape index (κ3) is 6.51. The highest BCUT2D eigenvalue weighted by Gasteiger charge is 2.21. The molecule has 4 aromatic rings. The van der Waals surface area contributed by atoms with Crippen LogP contribution in [0, 0.1) is 13.8 Å². The Morgan fingerprint density at radius 2 is 1.42 bits per heavy atom. The average molecular weight is 549 g/mol. The predicted molar refractivity (Wildman–Crippen MR) is 150 cm³/mol. The molecule has 1 atom stereocenters. The van der Waals surface area contributed by atoms with Gasteiger partial charge in [0.05, 0.1) is 21.5 Å². The van der Waals surface area contributed by atoms with Crippen molar-refractivity contribution in [3.05, 3.63) is 83.9 Å². The second-order valence-electron chi connectivity index (χ2n) is 8.93. The first-order chi connectivity index (χ1) is 18.0. The Morgan fingerprint density at radius 3 is 1.97 bits per heavy atom. The summed E-state index contributed by atoms with van der Waals surface area (Å²) in [5.74, 6) is -0.945. The van der Waals surface area contributed by atoms with Crippen molar-refractivity contribution in [3.63, 3.8) is 0 Å². The molecule has 3 aromatic carbocycles. The summed E-state index contributed by atoms with van der Waals surface area (Å²) in [5.41, 5.74) is 6.40. The highest BCUT2D eigenvalue weighted by atomic mass is 32.2. The van der Waals surface area contributed by atoms with E-state index in [0.29, 0.717) is 10.8 Å². The molecule has 4 rings (SSSR count). The maximum atomic E-state index is 12.9. The molecular formula is C28H28N4O4S2. The van der Waals surface area contributed by atoms with Crippen LogP contribution >= 0.6 is 11.8 Å². The Balaban J connectivity index is 1.52. The molecule has 0 aliphatic rings. The van der Waals surface area contributed by atoms with Gasteiger partial charge >= 0.3 is 0 Å². The third-order valence-electron chi connectivity index (χ3n) is 5.72. The zero-order valence-corrected chi connectivity index (χ0v) is 23.0. The molecule has 1 heterocycles. The van der Waals surface area contributed by atoms with Gasteiger partial charge < -0.3 is 10.3 Å². The van der Waals surface area contributed by atoms with Gasteiger partial charge in [0, 0.05) is 23.7 Å². The smallest absolute Gasteiger partial charge is 0.264 e. The van der Waals surface area contributed by atoms with E-state index < -0.39 is 21.2 Å². The number of hydrogen-bond acceptors (Lipinski definition) is 6. The quantitative estimate of drug-likeness (QED) is 0.257. The molecule has 8 nitrogen and oxygen atoms in total. The number of aromatic amines is 1. The van der Waals surface area contributed by atoms with Gasteiger partial charge in [-0.25, -0.2) is 18.1 Å². The average Bonchev–Trinajstić information content (AvgIpc) is 3.28. The molecule has 1 unspecified atom stereocenters. The molecule has 3 N–H and O–H groups in total. The lowest BCUT2D eigenvalue weighted by Crippen LogP contribution is -2.28. The van der Waals surface area contributed by atoms with Crippen LogP contribution in [0.5, 0.6) is 0 Å². The number of aromatic nitrogens is 2. The first-order valence-corrected chi connectivity index (χ1v) is 14.2. The van der Waals surface area contributed by atoms with Crippen molar-refractivity contribution in [2.45, 2.75) is 43.0 Å².